The van der Waals surface area contributed by atoms with Crippen LogP contribution in [0, 0.1) is 18.8 Å². The van der Waals surface area contributed by atoms with Gasteiger partial charge in [-0.1, -0.05) is 12.0 Å². The quantitative estimate of drug-likeness (QED) is 0.533. The number of ether oxygens (including phenoxy) is 1. The van der Waals surface area contributed by atoms with Gasteiger partial charge in [0.05, 0.1) is 13.2 Å². The molecule has 7 nitrogen and oxygen atoms in total. The van der Waals surface area contributed by atoms with Crippen LogP contribution >= 0.6 is 0 Å². The number of alkyl halides is 3. The summed E-state index contributed by atoms with van der Waals surface area (Å²) in [5, 5.41) is 11.8. The number of rotatable bonds is 4. The number of nitrogens with one attached hydrogen (secondary N) is 1. The number of hydrogen-bond donors (Lipinski definition) is 2. The van der Waals surface area contributed by atoms with Crippen molar-refractivity contribution in [2.75, 3.05) is 43.1 Å². The second kappa shape index (κ2) is 10.8. The summed E-state index contributed by atoms with van der Waals surface area (Å²) in [6.45, 7) is 4.11. The van der Waals surface area contributed by atoms with Gasteiger partial charge in [0.15, 0.2) is 0 Å². The van der Waals surface area contributed by atoms with Crippen molar-refractivity contribution in [1.82, 2.24) is 9.97 Å². The molecule has 2 aromatic heterocycles. The molecule has 4 rings (SSSR count). The van der Waals surface area contributed by atoms with Gasteiger partial charge >= 0.3 is 6.18 Å². The van der Waals surface area contributed by atoms with Crippen LogP contribution in [0.5, 0.6) is 0 Å². The summed E-state index contributed by atoms with van der Waals surface area (Å²) in [6.07, 6.45) is -3.69. The number of aryl methyl sites for hydroxylation is 1. The summed E-state index contributed by atoms with van der Waals surface area (Å²) >= 11 is 0. The molecule has 0 bridgehead atoms. The molecular weight excluding hydrogens is 473 g/mol. The lowest BCUT2D eigenvalue weighted by molar-refractivity contribution is -0.141. The fourth-order valence-corrected chi connectivity index (χ4v) is 3.76. The van der Waals surface area contributed by atoms with Crippen LogP contribution in [0.15, 0.2) is 48.7 Å². The highest BCUT2D eigenvalue weighted by molar-refractivity contribution is 6.04. The van der Waals surface area contributed by atoms with Crippen molar-refractivity contribution in [2.24, 2.45) is 0 Å². The zero-order chi connectivity index (χ0) is 25.7. The van der Waals surface area contributed by atoms with Crippen LogP contribution in [0.25, 0.3) is 11.1 Å². The highest BCUT2D eigenvalue weighted by Crippen LogP contribution is 2.31. The van der Waals surface area contributed by atoms with Gasteiger partial charge in [-0.05, 0) is 65.9 Å². The van der Waals surface area contributed by atoms with Crippen molar-refractivity contribution in [3.05, 3.63) is 71.2 Å². The van der Waals surface area contributed by atoms with Crippen LogP contribution in [0.4, 0.5) is 24.7 Å². The number of benzene rings is 1. The minimum atomic E-state index is -4.65. The average Bonchev–Trinajstić information content (AvgIpc) is 2.88. The van der Waals surface area contributed by atoms with E-state index in [-0.39, 0.29) is 12.2 Å². The third-order valence-electron chi connectivity index (χ3n) is 5.56. The van der Waals surface area contributed by atoms with Crippen LogP contribution in [0.2, 0.25) is 0 Å². The smallest absolute Gasteiger partial charge is 0.384 e. The molecule has 1 aliphatic heterocycles. The molecule has 10 heteroatoms. The molecule has 0 radical (unpaired) electrons. The van der Waals surface area contributed by atoms with E-state index < -0.39 is 17.8 Å². The van der Waals surface area contributed by atoms with Crippen molar-refractivity contribution < 1.29 is 27.8 Å². The number of anilines is 2. The summed E-state index contributed by atoms with van der Waals surface area (Å²) in [4.78, 5) is 22.7. The Morgan fingerprint density at radius 1 is 1.17 bits per heavy atom. The lowest BCUT2D eigenvalue weighted by Crippen LogP contribution is -2.36. The van der Waals surface area contributed by atoms with Gasteiger partial charge in [0.2, 0.25) is 0 Å². The molecule has 1 amide bonds. The van der Waals surface area contributed by atoms with Crippen molar-refractivity contribution in [2.45, 2.75) is 13.1 Å². The first-order valence-corrected chi connectivity index (χ1v) is 11.1. The molecule has 0 saturated carbocycles. The van der Waals surface area contributed by atoms with E-state index in [1.807, 2.05) is 19.1 Å². The Morgan fingerprint density at radius 3 is 2.67 bits per heavy atom. The minimum absolute atomic E-state index is 0.153. The molecule has 1 fully saturated rings. The van der Waals surface area contributed by atoms with E-state index >= 15 is 0 Å². The number of pyridine rings is 2. The number of amides is 1. The average molecular weight is 496 g/mol. The number of aromatic nitrogens is 2. The fourth-order valence-electron chi connectivity index (χ4n) is 3.76. The van der Waals surface area contributed by atoms with Gasteiger partial charge < -0.3 is 20.1 Å². The SMILES string of the molecule is Cc1ccc(NC(=O)c2ccnc(C(F)(F)F)c2)cc1-c1cc(C#CCO)nc(N2CCOCC2)c1. The Balaban J connectivity index is 1.67. The van der Waals surface area contributed by atoms with Crippen LogP contribution in [-0.2, 0) is 10.9 Å². The number of nitrogens with zero attached hydrogens (tertiary/aromatic N) is 3. The standard InChI is InChI=1S/C26H23F3N4O3/c1-17-4-5-21(32-25(35)18-6-7-30-23(14-18)26(27,28)29)16-22(17)19-13-20(3-2-10-34)31-24(15-19)33-8-11-36-12-9-33/h4-7,13-16,34H,8-12H2,1H3,(H,32,35). The number of hydrogen-bond acceptors (Lipinski definition) is 6. The molecule has 36 heavy (non-hydrogen) atoms. The number of aliphatic hydroxyl groups is 1. The van der Waals surface area contributed by atoms with E-state index in [1.165, 1.54) is 6.07 Å². The van der Waals surface area contributed by atoms with E-state index in [0.717, 1.165) is 22.9 Å². The molecular formula is C26H23F3N4O3. The monoisotopic (exact) mass is 496 g/mol. The maximum absolute atomic E-state index is 13.0. The molecule has 2 N–H and O–H groups in total. The Hall–Kier alpha value is -3.94. The Kier molecular flexibility index (Phi) is 7.52. The van der Waals surface area contributed by atoms with E-state index in [2.05, 4.69) is 32.0 Å². The van der Waals surface area contributed by atoms with E-state index in [0.29, 0.717) is 49.6 Å². The van der Waals surface area contributed by atoms with Crippen molar-refractivity contribution in [3.63, 3.8) is 0 Å². The summed E-state index contributed by atoms with van der Waals surface area (Å²) in [6, 6.07) is 10.9. The van der Waals surface area contributed by atoms with Crippen molar-refractivity contribution >= 4 is 17.4 Å². The fraction of sp³-hybridized carbons (Fsp3) is 0.269. The van der Waals surface area contributed by atoms with Crippen LogP contribution < -0.4 is 10.2 Å². The summed E-state index contributed by atoms with van der Waals surface area (Å²) < 4.78 is 44.4. The number of aliphatic hydroxyl groups excluding tert-OH is 1. The Bertz CT molecular complexity index is 1330. The lowest BCUT2D eigenvalue weighted by atomic mass is 9.99. The van der Waals surface area contributed by atoms with E-state index in [1.54, 1.807) is 18.2 Å². The van der Waals surface area contributed by atoms with Crippen LogP contribution in [-0.4, -0.2) is 53.9 Å². The van der Waals surface area contributed by atoms with Gasteiger partial charge in [-0.15, -0.1) is 0 Å². The highest BCUT2D eigenvalue weighted by Gasteiger charge is 2.33. The summed E-state index contributed by atoms with van der Waals surface area (Å²) in [5.41, 5.74) is 2.11. The van der Waals surface area contributed by atoms with Crippen LogP contribution in [0.1, 0.15) is 27.3 Å². The Labute approximate surface area is 206 Å². The summed E-state index contributed by atoms with van der Waals surface area (Å²) in [7, 11) is 0. The molecule has 3 heterocycles. The van der Waals surface area contributed by atoms with E-state index in [9.17, 15) is 18.0 Å². The molecule has 1 aliphatic rings. The first kappa shape index (κ1) is 25.2. The van der Waals surface area contributed by atoms with Gasteiger partial charge in [-0.2, -0.15) is 13.2 Å². The predicted octanol–water partition coefficient (Wildman–Crippen LogP) is 3.90. The minimum Gasteiger partial charge on any atom is -0.384 e. The topological polar surface area (TPSA) is 87.6 Å². The molecule has 0 unspecified atom stereocenters. The number of carbonyl (C=O) groups excluding carboxylic acids is 1. The Morgan fingerprint density at radius 2 is 1.94 bits per heavy atom. The zero-order valence-electron chi connectivity index (χ0n) is 19.4. The third-order valence-corrected chi connectivity index (χ3v) is 5.56. The van der Waals surface area contributed by atoms with Gasteiger partial charge in [-0.25, -0.2) is 4.98 Å². The third kappa shape index (κ3) is 6.00. The number of carbonyl (C=O) groups is 1. The molecule has 186 valence electrons. The van der Waals surface area contributed by atoms with Crippen molar-refractivity contribution in [1.29, 1.82) is 0 Å². The van der Waals surface area contributed by atoms with E-state index in [4.69, 9.17) is 9.84 Å². The maximum Gasteiger partial charge on any atom is 0.433 e. The first-order chi connectivity index (χ1) is 17.2. The molecule has 3 aromatic rings. The van der Waals surface area contributed by atoms with Gasteiger partial charge in [0, 0.05) is 30.5 Å². The van der Waals surface area contributed by atoms with Crippen molar-refractivity contribution in [3.8, 4) is 23.0 Å². The largest absolute Gasteiger partial charge is 0.433 e. The van der Waals surface area contributed by atoms with Gasteiger partial charge in [0.1, 0.15) is 23.8 Å². The summed E-state index contributed by atoms with van der Waals surface area (Å²) in [5.74, 6) is 5.50. The lowest BCUT2D eigenvalue weighted by Gasteiger charge is -2.28. The van der Waals surface area contributed by atoms with Crippen LogP contribution in [0.3, 0.4) is 0 Å². The molecule has 0 atom stereocenters. The second-order valence-corrected chi connectivity index (χ2v) is 8.07. The molecule has 1 saturated heterocycles. The predicted molar refractivity (Wildman–Crippen MR) is 129 cm³/mol. The zero-order valence-corrected chi connectivity index (χ0v) is 19.4. The maximum atomic E-state index is 13.0. The molecule has 0 spiro atoms. The highest BCUT2D eigenvalue weighted by atomic mass is 19.4. The normalized spacial score (nSPS) is 13.6. The van der Waals surface area contributed by atoms with Gasteiger partial charge in [0.25, 0.3) is 5.91 Å². The molecule has 1 aromatic carbocycles. The second-order valence-electron chi connectivity index (χ2n) is 8.07. The molecule has 0 aliphatic carbocycles. The first-order valence-electron chi connectivity index (χ1n) is 11.1. The number of morpholine rings is 1. The van der Waals surface area contributed by atoms with Gasteiger partial charge in [-0.3, -0.25) is 9.78 Å². The number of halogens is 3.